The third-order valence-electron chi connectivity index (χ3n) is 2.54. The Labute approximate surface area is 134 Å². The Bertz CT molecular complexity index is 665. The number of benzene rings is 2. The van der Waals surface area contributed by atoms with Gasteiger partial charge in [-0.1, -0.05) is 11.6 Å². The number of anilines is 2. The van der Waals surface area contributed by atoms with Crippen molar-refractivity contribution in [2.45, 2.75) is 0 Å². The normalized spacial score (nSPS) is 10.2. The first-order chi connectivity index (χ1) is 9.95. The smallest absolute Gasteiger partial charge is 0.262 e. The molecule has 0 heterocycles. The van der Waals surface area contributed by atoms with Gasteiger partial charge < -0.3 is 15.8 Å². The van der Waals surface area contributed by atoms with Crippen LogP contribution in [0.15, 0.2) is 40.9 Å². The standard InChI is InChI=1S/C14H11BrClFN2O2/c15-10-5-12(18)13(6-11(10)17)21-7-14(20)19-9-3-1-8(16)2-4-9/h1-6H,7,18H2,(H,19,20). The average Bonchev–Trinajstić information content (AvgIpc) is 2.44. The summed E-state index contributed by atoms with van der Waals surface area (Å²) in [5.74, 6) is -0.792. The summed E-state index contributed by atoms with van der Waals surface area (Å²) in [7, 11) is 0. The van der Waals surface area contributed by atoms with Crippen molar-refractivity contribution in [3.8, 4) is 5.75 Å². The highest BCUT2D eigenvalue weighted by Crippen LogP contribution is 2.28. The van der Waals surface area contributed by atoms with E-state index in [-0.39, 0.29) is 28.4 Å². The van der Waals surface area contributed by atoms with E-state index < -0.39 is 5.82 Å². The molecule has 0 radical (unpaired) electrons. The fraction of sp³-hybridized carbons (Fsp3) is 0.0714. The van der Waals surface area contributed by atoms with Crippen LogP contribution < -0.4 is 15.8 Å². The maximum Gasteiger partial charge on any atom is 0.262 e. The molecule has 21 heavy (non-hydrogen) atoms. The number of hydrogen-bond acceptors (Lipinski definition) is 3. The molecule has 3 N–H and O–H groups in total. The van der Waals surface area contributed by atoms with Crippen molar-refractivity contribution in [2.75, 3.05) is 17.7 Å². The molecule has 0 aliphatic carbocycles. The first-order valence-corrected chi connectivity index (χ1v) is 7.05. The number of carbonyl (C=O) groups is 1. The van der Waals surface area contributed by atoms with Gasteiger partial charge in [0, 0.05) is 16.8 Å². The second-order valence-electron chi connectivity index (χ2n) is 4.15. The van der Waals surface area contributed by atoms with Crippen LogP contribution in [-0.2, 0) is 4.79 Å². The molecule has 0 aliphatic heterocycles. The summed E-state index contributed by atoms with van der Waals surface area (Å²) in [6.07, 6.45) is 0. The zero-order valence-electron chi connectivity index (χ0n) is 10.7. The summed E-state index contributed by atoms with van der Waals surface area (Å²) in [6, 6.07) is 9.12. The molecule has 0 saturated carbocycles. The average molecular weight is 374 g/mol. The first-order valence-electron chi connectivity index (χ1n) is 5.88. The Hall–Kier alpha value is -1.79. The highest BCUT2D eigenvalue weighted by atomic mass is 79.9. The van der Waals surface area contributed by atoms with Gasteiger partial charge in [-0.25, -0.2) is 4.39 Å². The summed E-state index contributed by atoms with van der Waals surface area (Å²) in [4.78, 5) is 11.7. The summed E-state index contributed by atoms with van der Waals surface area (Å²) < 4.78 is 18.8. The van der Waals surface area contributed by atoms with E-state index in [4.69, 9.17) is 22.1 Å². The minimum Gasteiger partial charge on any atom is -0.481 e. The fourth-order valence-corrected chi connectivity index (χ4v) is 2.03. The quantitative estimate of drug-likeness (QED) is 0.800. The van der Waals surface area contributed by atoms with Crippen molar-refractivity contribution in [1.82, 2.24) is 0 Å². The van der Waals surface area contributed by atoms with Crippen LogP contribution in [0.1, 0.15) is 0 Å². The summed E-state index contributed by atoms with van der Waals surface area (Å²) >= 11 is 8.75. The fourth-order valence-electron chi connectivity index (χ4n) is 1.54. The van der Waals surface area contributed by atoms with E-state index in [2.05, 4.69) is 21.2 Å². The summed E-state index contributed by atoms with van der Waals surface area (Å²) in [6.45, 7) is -0.284. The maximum absolute atomic E-state index is 13.4. The van der Waals surface area contributed by atoms with Gasteiger partial charge in [-0.3, -0.25) is 4.79 Å². The predicted molar refractivity (Wildman–Crippen MR) is 84.1 cm³/mol. The minimum atomic E-state index is -0.516. The van der Waals surface area contributed by atoms with Crippen molar-refractivity contribution in [3.05, 3.63) is 51.7 Å². The monoisotopic (exact) mass is 372 g/mol. The molecule has 0 fully saturated rings. The number of carbonyl (C=O) groups excluding carboxylic acids is 1. The van der Waals surface area contributed by atoms with E-state index in [1.807, 2.05) is 0 Å². The van der Waals surface area contributed by atoms with Crippen LogP contribution in [-0.4, -0.2) is 12.5 Å². The van der Waals surface area contributed by atoms with Crippen molar-refractivity contribution in [3.63, 3.8) is 0 Å². The van der Waals surface area contributed by atoms with Gasteiger partial charge in [0.15, 0.2) is 6.61 Å². The molecule has 0 aliphatic rings. The van der Waals surface area contributed by atoms with Gasteiger partial charge in [0.1, 0.15) is 11.6 Å². The van der Waals surface area contributed by atoms with Crippen LogP contribution in [0.3, 0.4) is 0 Å². The molecular formula is C14H11BrClFN2O2. The van der Waals surface area contributed by atoms with Gasteiger partial charge in [0.05, 0.1) is 10.2 Å². The van der Waals surface area contributed by atoms with E-state index in [9.17, 15) is 9.18 Å². The summed E-state index contributed by atoms with van der Waals surface area (Å²) in [5.41, 5.74) is 6.50. The number of ether oxygens (including phenoxy) is 1. The Morgan fingerprint density at radius 1 is 1.33 bits per heavy atom. The van der Waals surface area contributed by atoms with Crippen LogP contribution in [0.25, 0.3) is 0 Å². The van der Waals surface area contributed by atoms with Gasteiger partial charge in [-0.15, -0.1) is 0 Å². The van der Waals surface area contributed by atoms with Gasteiger partial charge >= 0.3 is 0 Å². The number of halogens is 3. The molecule has 0 bridgehead atoms. The molecule has 1 amide bonds. The van der Waals surface area contributed by atoms with Crippen molar-refractivity contribution < 1.29 is 13.9 Å². The molecule has 110 valence electrons. The second-order valence-corrected chi connectivity index (χ2v) is 5.44. The molecule has 2 rings (SSSR count). The molecule has 4 nitrogen and oxygen atoms in total. The van der Waals surface area contributed by atoms with E-state index in [0.29, 0.717) is 10.7 Å². The van der Waals surface area contributed by atoms with Crippen LogP contribution in [0.4, 0.5) is 15.8 Å². The van der Waals surface area contributed by atoms with Gasteiger partial charge in [-0.05, 0) is 46.3 Å². The molecular weight excluding hydrogens is 363 g/mol. The zero-order chi connectivity index (χ0) is 15.4. The minimum absolute atomic E-state index is 0.113. The lowest BCUT2D eigenvalue weighted by Crippen LogP contribution is -2.20. The number of nitrogens with two attached hydrogens (primary N) is 1. The third-order valence-corrected chi connectivity index (χ3v) is 3.40. The van der Waals surface area contributed by atoms with Crippen molar-refractivity contribution >= 4 is 44.8 Å². The molecule has 0 aromatic heterocycles. The Morgan fingerprint density at radius 3 is 2.67 bits per heavy atom. The molecule has 0 atom stereocenters. The highest BCUT2D eigenvalue weighted by molar-refractivity contribution is 9.10. The Balaban J connectivity index is 1.95. The van der Waals surface area contributed by atoms with E-state index in [1.165, 1.54) is 6.07 Å². The van der Waals surface area contributed by atoms with Crippen LogP contribution >= 0.6 is 27.5 Å². The molecule has 2 aromatic carbocycles. The lowest BCUT2D eigenvalue weighted by molar-refractivity contribution is -0.118. The number of rotatable bonds is 4. The van der Waals surface area contributed by atoms with Gasteiger partial charge in [0.25, 0.3) is 5.91 Å². The zero-order valence-corrected chi connectivity index (χ0v) is 13.0. The molecule has 0 saturated heterocycles. The van der Waals surface area contributed by atoms with Crippen molar-refractivity contribution in [2.24, 2.45) is 0 Å². The van der Waals surface area contributed by atoms with Crippen LogP contribution in [0, 0.1) is 5.82 Å². The van der Waals surface area contributed by atoms with E-state index >= 15 is 0 Å². The number of nitrogen functional groups attached to an aromatic ring is 1. The molecule has 2 aromatic rings. The van der Waals surface area contributed by atoms with Gasteiger partial charge in [0.2, 0.25) is 0 Å². The highest BCUT2D eigenvalue weighted by Gasteiger charge is 2.09. The topological polar surface area (TPSA) is 64.3 Å². The lowest BCUT2D eigenvalue weighted by Gasteiger charge is -2.10. The summed E-state index contributed by atoms with van der Waals surface area (Å²) in [5, 5.41) is 3.19. The third kappa shape index (κ3) is 4.34. The Morgan fingerprint density at radius 2 is 2.00 bits per heavy atom. The second kappa shape index (κ2) is 6.78. The van der Waals surface area contributed by atoms with Gasteiger partial charge in [-0.2, -0.15) is 0 Å². The van der Waals surface area contributed by atoms with Crippen LogP contribution in [0.5, 0.6) is 5.75 Å². The van der Waals surface area contributed by atoms with Crippen molar-refractivity contribution in [1.29, 1.82) is 0 Å². The molecule has 0 unspecified atom stereocenters. The van der Waals surface area contributed by atoms with E-state index in [1.54, 1.807) is 24.3 Å². The number of nitrogens with one attached hydrogen (secondary N) is 1. The van der Waals surface area contributed by atoms with Crippen LogP contribution in [0.2, 0.25) is 5.02 Å². The number of hydrogen-bond donors (Lipinski definition) is 2. The molecule has 7 heteroatoms. The predicted octanol–water partition coefficient (Wildman–Crippen LogP) is 3.84. The largest absolute Gasteiger partial charge is 0.481 e. The maximum atomic E-state index is 13.4. The first kappa shape index (κ1) is 15.6. The SMILES string of the molecule is Nc1cc(Br)c(F)cc1OCC(=O)Nc1ccc(Cl)cc1. The van der Waals surface area contributed by atoms with E-state index in [0.717, 1.165) is 6.07 Å². The number of amides is 1. The molecule has 0 spiro atoms. The Kier molecular flexibility index (Phi) is 5.03. The lowest BCUT2D eigenvalue weighted by atomic mass is 10.3.